The Morgan fingerprint density at radius 2 is 1.48 bits per heavy atom. The molecule has 1 atom stereocenters. The zero-order valence-electron chi connectivity index (χ0n) is 12.6. The first-order chi connectivity index (χ1) is 11.8. The monoisotopic (exact) mass is 368 g/mol. The van der Waals surface area contributed by atoms with Crippen LogP contribution in [0.5, 0.6) is 0 Å². The van der Waals surface area contributed by atoms with Gasteiger partial charge in [0.1, 0.15) is 11.6 Å². The summed E-state index contributed by atoms with van der Waals surface area (Å²) in [5, 5.41) is 11.0. The molecule has 1 fully saturated rings. The van der Waals surface area contributed by atoms with Crippen LogP contribution in [-0.2, 0) is 9.53 Å². The number of benzene rings is 1. The molecular weight excluding hydrogens is 355 g/mol. The highest BCUT2D eigenvalue weighted by Gasteiger charge is 2.33. The van der Waals surface area contributed by atoms with E-state index in [9.17, 15) is 36.6 Å². The second-order valence-electron chi connectivity index (χ2n) is 5.09. The third-order valence-electron chi connectivity index (χ3n) is 3.55. The number of carbonyl (C=O) groups is 2. The smallest absolute Gasteiger partial charge is 0.258 e. The minimum Gasteiger partial charge on any atom is -0.394 e. The number of amides is 2. The molecule has 138 valence electrons. The maximum Gasteiger partial charge on any atom is 0.258 e. The number of nitrogens with one attached hydrogen (secondary N) is 1. The molecule has 1 aromatic rings. The highest BCUT2D eigenvalue weighted by Crippen LogP contribution is 2.23. The van der Waals surface area contributed by atoms with Crippen LogP contribution in [-0.4, -0.2) is 60.8 Å². The molecule has 1 heterocycles. The average Bonchev–Trinajstić information content (AvgIpc) is 2.63. The molecule has 0 aliphatic carbocycles. The van der Waals surface area contributed by atoms with E-state index in [1.54, 1.807) is 5.32 Å². The van der Waals surface area contributed by atoms with E-state index in [1.165, 1.54) is 4.90 Å². The fourth-order valence-electron chi connectivity index (χ4n) is 2.22. The van der Waals surface area contributed by atoms with Crippen LogP contribution in [0.3, 0.4) is 0 Å². The summed E-state index contributed by atoms with van der Waals surface area (Å²) in [7, 11) is 0. The van der Waals surface area contributed by atoms with Gasteiger partial charge in [-0.15, -0.1) is 0 Å². The molecule has 0 aromatic heterocycles. The van der Waals surface area contributed by atoms with E-state index < -0.39 is 59.1 Å². The summed E-state index contributed by atoms with van der Waals surface area (Å²) in [6.45, 7) is -0.177. The Morgan fingerprint density at radius 1 is 1.00 bits per heavy atom. The van der Waals surface area contributed by atoms with Crippen molar-refractivity contribution >= 4 is 11.8 Å². The van der Waals surface area contributed by atoms with Gasteiger partial charge in [0.25, 0.3) is 5.91 Å². The van der Waals surface area contributed by atoms with Gasteiger partial charge in [0.2, 0.25) is 11.7 Å². The molecule has 0 radical (unpaired) electrons. The molecule has 0 spiro atoms. The van der Waals surface area contributed by atoms with Crippen LogP contribution in [0.4, 0.5) is 22.0 Å². The summed E-state index contributed by atoms with van der Waals surface area (Å²) >= 11 is 0. The number of nitrogens with zero attached hydrogens (tertiary/aromatic N) is 1. The van der Waals surface area contributed by atoms with Gasteiger partial charge in [0.15, 0.2) is 23.3 Å². The summed E-state index contributed by atoms with van der Waals surface area (Å²) < 4.78 is 71.5. The lowest BCUT2D eigenvalue weighted by Gasteiger charge is -2.30. The van der Waals surface area contributed by atoms with Gasteiger partial charge in [-0.25, -0.2) is 22.0 Å². The molecular formula is C14H13F5N2O4. The van der Waals surface area contributed by atoms with Gasteiger partial charge >= 0.3 is 0 Å². The zero-order chi connectivity index (χ0) is 18.7. The summed E-state index contributed by atoms with van der Waals surface area (Å²) in [5.74, 6) is -14.1. The first kappa shape index (κ1) is 19.1. The third kappa shape index (κ3) is 3.71. The van der Waals surface area contributed by atoms with Crippen molar-refractivity contribution in [3.05, 3.63) is 34.6 Å². The van der Waals surface area contributed by atoms with E-state index in [1.807, 2.05) is 0 Å². The van der Waals surface area contributed by atoms with Gasteiger partial charge in [-0.05, 0) is 0 Å². The van der Waals surface area contributed by atoms with E-state index >= 15 is 0 Å². The van der Waals surface area contributed by atoms with Crippen LogP contribution >= 0.6 is 0 Å². The fraction of sp³-hybridized carbons (Fsp3) is 0.429. The first-order valence-corrected chi connectivity index (χ1v) is 7.09. The van der Waals surface area contributed by atoms with Gasteiger partial charge in [0, 0.05) is 13.1 Å². The van der Waals surface area contributed by atoms with Crippen molar-refractivity contribution in [2.45, 2.75) is 6.04 Å². The van der Waals surface area contributed by atoms with Crippen molar-refractivity contribution in [3.63, 3.8) is 0 Å². The SMILES string of the molecule is O=C(NC(CO)C(=O)N1CCOCC1)c1c(F)c(F)c(F)c(F)c1F. The van der Waals surface area contributed by atoms with Gasteiger partial charge in [-0.2, -0.15) is 0 Å². The number of aliphatic hydroxyl groups excluding tert-OH is 1. The number of hydrogen-bond donors (Lipinski definition) is 2. The highest BCUT2D eigenvalue weighted by atomic mass is 19.2. The normalized spacial score (nSPS) is 15.8. The predicted octanol–water partition coefficient (Wildman–Crippen LogP) is 0.332. The van der Waals surface area contributed by atoms with Gasteiger partial charge < -0.3 is 20.1 Å². The summed E-state index contributed by atoms with van der Waals surface area (Å²) in [6, 6.07) is -1.61. The summed E-state index contributed by atoms with van der Waals surface area (Å²) in [4.78, 5) is 25.3. The first-order valence-electron chi connectivity index (χ1n) is 7.09. The quantitative estimate of drug-likeness (QED) is 0.456. The Balaban J connectivity index is 2.24. The van der Waals surface area contributed by atoms with E-state index in [-0.39, 0.29) is 26.3 Å². The van der Waals surface area contributed by atoms with Gasteiger partial charge in [-0.1, -0.05) is 0 Å². The molecule has 1 saturated heterocycles. The molecule has 25 heavy (non-hydrogen) atoms. The molecule has 0 saturated carbocycles. The van der Waals surface area contributed by atoms with Gasteiger partial charge in [-0.3, -0.25) is 9.59 Å². The number of halogens is 5. The van der Waals surface area contributed by atoms with Crippen molar-refractivity contribution in [2.24, 2.45) is 0 Å². The Bertz CT molecular complexity index is 665. The Labute approximate surface area is 138 Å². The van der Waals surface area contributed by atoms with Crippen LogP contribution in [0.25, 0.3) is 0 Å². The maximum absolute atomic E-state index is 13.6. The van der Waals surface area contributed by atoms with Gasteiger partial charge in [0.05, 0.1) is 19.8 Å². The Hall–Kier alpha value is -2.27. The van der Waals surface area contributed by atoms with Crippen LogP contribution in [0.1, 0.15) is 10.4 Å². The minimum atomic E-state index is -2.41. The van der Waals surface area contributed by atoms with E-state index in [2.05, 4.69) is 0 Å². The lowest BCUT2D eigenvalue weighted by atomic mass is 10.1. The van der Waals surface area contributed by atoms with Crippen molar-refractivity contribution in [3.8, 4) is 0 Å². The molecule has 2 amide bonds. The van der Waals surface area contributed by atoms with Crippen LogP contribution < -0.4 is 5.32 Å². The van der Waals surface area contributed by atoms with Crippen LogP contribution in [0.15, 0.2) is 0 Å². The number of ether oxygens (including phenoxy) is 1. The molecule has 0 bridgehead atoms. The van der Waals surface area contributed by atoms with Crippen molar-refractivity contribution in [1.29, 1.82) is 0 Å². The number of rotatable bonds is 4. The van der Waals surface area contributed by atoms with Crippen molar-refractivity contribution < 1.29 is 41.4 Å². The number of carbonyl (C=O) groups excluding carboxylic acids is 2. The third-order valence-corrected chi connectivity index (χ3v) is 3.55. The standard InChI is InChI=1S/C14H13F5N2O4/c15-8-7(9(16)11(18)12(19)10(8)17)13(23)20-6(5-22)14(24)21-1-3-25-4-2-21/h6,22H,1-5H2,(H,20,23). The topological polar surface area (TPSA) is 78.9 Å². The number of hydrogen-bond acceptors (Lipinski definition) is 4. The molecule has 2 rings (SSSR count). The molecule has 2 N–H and O–H groups in total. The minimum absolute atomic E-state index is 0.160. The van der Waals surface area contributed by atoms with Crippen molar-refractivity contribution in [1.82, 2.24) is 10.2 Å². The molecule has 6 nitrogen and oxygen atoms in total. The summed E-state index contributed by atoms with van der Waals surface area (Å²) in [6.07, 6.45) is 0. The fourth-order valence-corrected chi connectivity index (χ4v) is 2.22. The predicted molar refractivity (Wildman–Crippen MR) is 72.0 cm³/mol. The van der Waals surface area contributed by atoms with E-state index in [0.717, 1.165) is 0 Å². The second-order valence-corrected chi connectivity index (χ2v) is 5.09. The average molecular weight is 368 g/mol. The lowest BCUT2D eigenvalue weighted by Crippen LogP contribution is -2.53. The molecule has 1 aliphatic heterocycles. The van der Waals surface area contributed by atoms with E-state index in [0.29, 0.717) is 0 Å². The Kier molecular flexibility index (Phi) is 5.90. The maximum atomic E-state index is 13.6. The number of morpholine rings is 1. The molecule has 1 aromatic carbocycles. The molecule has 1 unspecified atom stereocenters. The number of aliphatic hydroxyl groups is 1. The zero-order valence-corrected chi connectivity index (χ0v) is 12.6. The largest absolute Gasteiger partial charge is 0.394 e. The lowest BCUT2D eigenvalue weighted by molar-refractivity contribution is -0.138. The second kappa shape index (κ2) is 7.74. The van der Waals surface area contributed by atoms with Crippen LogP contribution in [0.2, 0.25) is 0 Å². The van der Waals surface area contributed by atoms with E-state index in [4.69, 9.17) is 4.74 Å². The molecule has 1 aliphatic rings. The van der Waals surface area contributed by atoms with Crippen molar-refractivity contribution in [2.75, 3.05) is 32.9 Å². The Morgan fingerprint density at radius 3 is 1.96 bits per heavy atom. The van der Waals surface area contributed by atoms with Crippen LogP contribution in [0, 0.1) is 29.1 Å². The highest BCUT2D eigenvalue weighted by molar-refractivity contribution is 5.98. The molecule has 11 heteroatoms. The summed E-state index contributed by atoms with van der Waals surface area (Å²) in [5.41, 5.74) is -1.73.